The Morgan fingerprint density at radius 1 is 0.800 bits per heavy atom. The maximum Gasteiger partial charge on any atom is 0.240 e. The molecule has 7 rings (SSSR count). The van der Waals surface area contributed by atoms with E-state index in [0.717, 1.165) is 33.4 Å². The number of halogens is 1. The molecule has 2 bridgehead atoms. The lowest BCUT2D eigenvalue weighted by Crippen LogP contribution is -2.50. The van der Waals surface area contributed by atoms with Gasteiger partial charge in [-0.15, -0.1) is 11.6 Å². The summed E-state index contributed by atoms with van der Waals surface area (Å²) >= 11 is 7.43. The highest BCUT2D eigenvalue weighted by atomic mass is 35.5. The summed E-state index contributed by atoms with van der Waals surface area (Å²) < 4.78 is 0. The molecule has 1 fully saturated rings. The SMILES string of the molecule is Cc1ccc(N2C(=O)[C@H]3C4c5ccccc5C(Cl)(c5ccccc54)[C@H]3C2=O)cc1C. The number of aryl methyl sites for hydroxylation is 2. The van der Waals surface area contributed by atoms with E-state index in [1.807, 2.05) is 68.4 Å². The number of hydrogen-bond donors (Lipinski definition) is 0. The fourth-order valence-corrected chi connectivity index (χ4v) is 6.37. The summed E-state index contributed by atoms with van der Waals surface area (Å²) in [6.45, 7) is 4.02. The van der Waals surface area contributed by atoms with Crippen LogP contribution in [0, 0.1) is 25.7 Å². The average molecular weight is 414 g/mol. The molecule has 3 aromatic rings. The summed E-state index contributed by atoms with van der Waals surface area (Å²) in [7, 11) is 0. The van der Waals surface area contributed by atoms with Crippen LogP contribution in [0.3, 0.4) is 0 Å². The quantitative estimate of drug-likeness (QED) is 0.413. The number of imide groups is 1. The second kappa shape index (κ2) is 5.83. The smallest absolute Gasteiger partial charge is 0.240 e. The number of carbonyl (C=O) groups excluding carboxylic acids is 2. The molecule has 3 aromatic carbocycles. The Bertz CT molecular complexity index is 1220. The molecule has 0 aromatic heterocycles. The first-order valence-corrected chi connectivity index (χ1v) is 10.6. The lowest BCUT2D eigenvalue weighted by Gasteiger charge is -2.50. The van der Waals surface area contributed by atoms with Crippen molar-refractivity contribution in [2.45, 2.75) is 24.6 Å². The highest BCUT2D eigenvalue weighted by Crippen LogP contribution is 2.65. The van der Waals surface area contributed by atoms with E-state index in [9.17, 15) is 9.59 Å². The van der Waals surface area contributed by atoms with E-state index in [1.165, 1.54) is 4.90 Å². The number of alkyl halides is 1. The number of hydrogen-bond acceptors (Lipinski definition) is 2. The van der Waals surface area contributed by atoms with Crippen molar-refractivity contribution in [1.29, 1.82) is 0 Å². The van der Waals surface area contributed by atoms with Crippen LogP contribution in [0.15, 0.2) is 66.7 Å². The molecule has 0 saturated carbocycles. The monoisotopic (exact) mass is 413 g/mol. The number of amides is 2. The van der Waals surface area contributed by atoms with Crippen molar-refractivity contribution >= 4 is 29.1 Å². The molecule has 0 radical (unpaired) electrons. The Labute approximate surface area is 180 Å². The molecule has 1 saturated heterocycles. The van der Waals surface area contributed by atoms with Crippen LogP contribution in [-0.2, 0) is 14.5 Å². The van der Waals surface area contributed by atoms with Gasteiger partial charge in [-0.25, -0.2) is 4.90 Å². The van der Waals surface area contributed by atoms with Gasteiger partial charge in [-0.1, -0.05) is 54.6 Å². The summed E-state index contributed by atoms with van der Waals surface area (Å²) in [6, 6.07) is 21.8. The number of nitrogens with zero attached hydrogens (tertiary/aromatic N) is 1. The molecule has 0 unspecified atom stereocenters. The van der Waals surface area contributed by atoms with Crippen LogP contribution in [-0.4, -0.2) is 11.8 Å². The van der Waals surface area contributed by atoms with E-state index in [-0.39, 0.29) is 17.7 Å². The number of benzene rings is 3. The minimum absolute atomic E-state index is 0.146. The van der Waals surface area contributed by atoms with Crippen molar-refractivity contribution in [3.05, 3.63) is 100 Å². The second-order valence-electron chi connectivity index (χ2n) is 8.65. The van der Waals surface area contributed by atoms with Gasteiger partial charge in [0.2, 0.25) is 11.8 Å². The van der Waals surface area contributed by atoms with Crippen molar-refractivity contribution in [3.8, 4) is 0 Å². The van der Waals surface area contributed by atoms with Gasteiger partial charge in [-0.05, 0) is 59.4 Å². The Kier molecular flexibility index (Phi) is 3.48. The molecule has 1 aliphatic heterocycles. The van der Waals surface area contributed by atoms with Gasteiger partial charge >= 0.3 is 0 Å². The van der Waals surface area contributed by atoms with Crippen LogP contribution in [0.2, 0.25) is 0 Å². The summed E-state index contributed by atoms with van der Waals surface area (Å²) in [5.74, 6) is -1.59. The molecule has 4 aliphatic rings. The molecular weight excluding hydrogens is 394 g/mol. The van der Waals surface area contributed by atoms with E-state index >= 15 is 0 Å². The van der Waals surface area contributed by atoms with Crippen molar-refractivity contribution in [1.82, 2.24) is 0 Å². The number of anilines is 1. The third-order valence-electron chi connectivity index (χ3n) is 7.26. The minimum Gasteiger partial charge on any atom is -0.274 e. The second-order valence-corrected chi connectivity index (χ2v) is 9.24. The maximum absolute atomic E-state index is 13.8. The molecule has 148 valence electrons. The summed E-state index contributed by atoms with van der Waals surface area (Å²) in [6.07, 6.45) is 0. The van der Waals surface area contributed by atoms with E-state index in [2.05, 4.69) is 12.1 Å². The van der Waals surface area contributed by atoms with Gasteiger partial charge in [0.25, 0.3) is 0 Å². The molecular formula is C26H20ClNO2. The largest absolute Gasteiger partial charge is 0.274 e. The molecule has 30 heavy (non-hydrogen) atoms. The lowest BCUT2D eigenvalue weighted by molar-refractivity contribution is -0.122. The molecule has 0 N–H and O–H groups in total. The van der Waals surface area contributed by atoms with Crippen molar-refractivity contribution in [2.24, 2.45) is 11.8 Å². The molecule has 1 heterocycles. The zero-order valence-corrected chi connectivity index (χ0v) is 17.5. The van der Waals surface area contributed by atoms with Crippen LogP contribution >= 0.6 is 11.6 Å². The molecule has 2 amide bonds. The molecule has 3 aliphatic carbocycles. The van der Waals surface area contributed by atoms with Gasteiger partial charge in [0.15, 0.2) is 0 Å². The van der Waals surface area contributed by atoms with Crippen molar-refractivity contribution < 1.29 is 9.59 Å². The zero-order chi connectivity index (χ0) is 20.8. The fraction of sp³-hybridized carbons (Fsp3) is 0.231. The summed E-state index contributed by atoms with van der Waals surface area (Å²) in [5.41, 5.74) is 6.86. The third-order valence-corrected chi connectivity index (χ3v) is 7.91. The first-order valence-electron chi connectivity index (χ1n) is 10.3. The summed E-state index contributed by atoms with van der Waals surface area (Å²) in [4.78, 5) is 27.9. The van der Waals surface area contributed by atoms with Gasteiger partial charge in [-0.2, -0.15) is 0 Å². The first-order chi connectivity index (χ1) is 14.4. The first kappa shape index (κ1) is 17.9. The number of carbonyl (C=O) groups is 2. The van der Waals surface area contributed by atoms with Crippen LogP contribution in [0.1, 0.15) is 39.3 Å². The maximum atomic E-state index is 13.8. The van der Waals surface area contributed by atoms with Gasteiger partial charge < -0.3 is 0 Å². The van der Waals surface area contributed by atoms with Gasteiger partial charge in [-0.3, -0.25) is 9.59 Å². The highest BCUT2D eigenvalue weighted by Gasteiger charge is 2.67. The highest BCUT2D eigenvalue weighted by molar-refractivity contribution is 6.33. The predicted molar refractivity (Wildman–Crippen MR) is 117 cm³/mol. The Balaban J connectivity index is 1.60. The van der Waals surface area contributed by atoms with E-state index in [0.29, 0.717) is 5.69 Å². The van der Waals surface area contributed by atoms with Gasteiger partial charge in [0.05, 0.1) is 17.5 Å². The Morgan fingerprint density at radius 3 is 2.00 bits per heavy atom. The third kappa shape index (κ3) is 1.96. The topological polar surface area (TPSA) is 37.4 Å². The lowest BCUT2D eigenvalue weighted by atomic mass is 9.54. The minimum atomic E-state index is -1.03. The molecule has 3 nitrogen and oxygen atoms in total. The average Bonchev–Trinajstić information content (AvgIpc) is 3.02. The Morgan fingerprint density at radius 2 is 1.40 bits per heavy atom. The van der Waals surface area contributed by atoms with Crippen LogP contribution in [0.4, 0.5) is 5.69 Å². The van der Waals surface area contributed by atoms with E-state index in [4.69, 9.17) is 11.6 Å². The van der Waals surface area contributed by atoms with Gasteiger partial charge in [0, 0.05) is 5.92 Å². The predicted octanol–water partition coefficient (Wildman–Crippen LogP) is 5.05. The number of rotatable bonds is 1. The van der Waals surface area contributed by atoms with E-state index < -0.39 is 16.7 Å². The standard InChI is InChI=1S/C26H20ClNO2/c1-14-11-12-16(13-15(14)2)28-24(29)22-21-17-7-3-5-9-19(17)26(27,23(22)25(28)30)20-10-6-4-8-18(20)21/h3-13,21-23H,1-2H3/t21?,22-,23+,26?/m0/s1. The van der Waals surface area contributed by atoms with Gasteiger partial charge in [0.1, 0.15) is 4.87 Å². The molecule has 0 spiro atoms. The van der Waals surface area contributed by atoms with E-state index in [1.54, 1.807) is 0 Å². The Hall–Kier alpha value is -2.91. The zero-order valence-electron chi connectivity index (χ0n) is 16.7. The van der Waals surface area contributed by atoms with Crippen LogP contribution < -0.4 is 4.90 Å². The fourth-order valence-electron chi connectivity index (χ4n) is 5.80. The summed E-state index contributed by atoms with van der Waals surface area (Å²) in [5, 5.41) is 0. The molecule has 2 atom stereocenters. The normalized spacial score (nSPS) is 28.4. The van der Waals surface area contributed by atoms with Crippen LogP contribution in [0.25, 0.3) is 0 Å². The molecule has 4 heteroatoms. The van der Waals surface area contributed by atoms with Crippen molar-refractivity contribution in [2.75, 3.05) is 4.90 Å². The van der Waals surface area contributed by atoms with Crippen molar-refractivity contribution in [3.63, 3.8) is 0 Å². The van der Waals surface area contributed by atoms with Crippen LogP contribution in [0.5, 0.6) is 0 Å².